The van der Waals surface area contributed by atoms with Crippen LogP contribution >= 0.6 is 11.6 Å². The number of ether oxygens (including phenoxy) is 1. The van der Waals surface area contributed by atoms with Crippen LogP contribution in [0.1, 0.15) is 67.5 Å². The molecule has 0 radical (unpaired) electrons. The number of halogens is 1. The van der Waals surface area contributed by atoms with E-state index in [4.69, 9.17) is 21.3 Å². The molecule has 1 aromatic carbocycles. The van der Waals surface area contributed by atoms with E-state index in [1.54, 1.807) is 4.57 Å². The smallest absolute Gasteiger partial charge is 0.316 e. The zero-order valence-corrected chi connectivity index (χ0v) is 20.0. The number of hydrogen-bond acceptors (Lipinski definition) is 5. The van der Waals surface area contributed by atoms with Crippen molar-refractivity contribution >= 4 is 34.4 Å². The van der Waals surface area contributed by atoms with Crippen LogP contribution in [0.25, 0.3) is 22.3 Å². The Morgan fingerprint density at radius 2 is 2.09 bits per heavy atom. The zero-order valence-electron chi connectivity index (χ0n) is 19.3. The second-order valence-electron chi connectivity index (χ2n) is 9.68. The van der Waals surface area contributed by atoms with E-state index in [2.05, 4.69) is 5.32 Å². The van der Waals surface area contributed by atoms with E-state index in [0.717, 1.165) is 46.0 Å². The van der Waals surface area contributed by atoms with Crippen LogP contribution in [-0.4, -0.2) is 21.4 Å². The Bertz CT molecular complexity index is 1510. The lowest BCUT2D eigenvalue weighted by Crippen LogP contribution is -2.42. The summed E-state index contributed by atoms with van der Waals surface area (Å²) in [6.45, 7) is 5.62. The second-order valence-corrected chi connectivity index (χ2v) is 10.1. The molecule has 1 amide bonds. The highest BCUT2D eigenvalue weighted by atomic mass is 35.5. The Balaban J connectivity index is 1.67. The van der Waals surface area contributed by atoms with E-state index in [0.29, 0.717) is 34.9 Å². The number of hydrogen-bond donors (Lipinski definition) is 1. The summed E-state index contributed by atoms with van der Waals surface area (Å²) in [6.07, 6.45) is 2.05. The van der Waals surface area contributed by atoms with Crippen LogP contribution in [0.4, 0.5) is 0 Å². The maximum atomic E-state index is 13.6. The summed E-state index contributed by atoms with van der Waals surface area (Å²) in [5.41, 5.74) is 5.43. The molecule has 6 rings (SSSR count). The van der Waals surface area contributed by atoms with Gasteiger partial charge in [-0.25, -0.2) is 4.98 Å². The van der Waals surface area contributed by atoms with Gasteiger partial charge in [0.25, 0.3) is 5.56 Å². The topological polar surface area (TPSA) is 90.3 Å². The van der Waals surface area contributed by atoms with E-state index < -0.39 is 5.41 Å². The monoisotopic (exact) mass is 477 g/mol. The number of cyclic esters (lactones) is 1. The molecule has 3 aromatic rings. The van der Waals surface area contributed by atoms with Crippen LogP contribution in [0, 0.1) is 0 Å². The predicted molar refractivity (Wildman–Crippen MR) is 128 cm³/mol. The fraction of sp³-hybridized carbons (Fsp3) is 0.385. The molecule has 2 aliphatic heterocycles. The van der Waals surface area contributed by atoms with Crippen LogP contribution in [0.15, 0.2) is 23.0 Å². The first-order chi connectivity index (χ1) is 16.2. The number of aromatic nitrogens is 2. The molecule has 7 nitrogen and oxygen atoms in total. The first-order valence-corrected chi connectivity index (χ1v) is 12.0. The number of carbonyl (C=O) groups excluding carboxylic acids is 2. The average Bonchev–Trinajstić information content (AvgIpc) is 3.16. The van der Waals surface area contributed by atoms with Crippen molar-refractivity contribution in [2.24, 2.45) is 0 Å². The first kappa shape index (κ1) is 21.4. The minimum absolute atomic E-state index is 0.0181. The van der Waals surface area contributed by atoms with Gasteiger partial charge >= 0.3 is 5.97 Å². The molecule has 1 aliphatic carbocycles. The molecule has 1 unspecified atom stereocenters. The number of amides is 1. The maximum absolute atomic E-state index is 13.6. The van der Waals surface area contributed by atoms with Crippen molar-refractivity contribution in [1.29, 1.82) is 0 Å². The highest BCUT2D eigenvalue weighted by molar-refractivity contribution is 6.31. The molecule has 174 valence electrons. The van der Waals surface area contributed by atoms with Crippen LogP contribution < -0.4 is 10.9 Å². The number of benzene rings is 1. The molecule has 8 heteroatoms. The molecule has 4 heterocycles. The van der Waals surface area contributed by atoms with Crippen molar-refractivity contribution in [2.45, 2.75) is 64.6 Å². The molecule has 0 bridgehead atoms. The van der Waals surface area contributed by atoms with Gasteiger partial charge in [-0.3, -0.25) is 14.4 Å². The van der Waals surface area contributed by atoms with Crippen molar-refractivity contribution < 1.29 is 14.3 Å². The molecule has 1 N–H and O–H groups in total. The van der Waals surface area contributed by atoms with E-state index in [9.17, 15) is 14.4 Å². The highest BCUT2D eigenvalue weighted by Crippen LogP contribution is 2.45. The van der Waals surface area contributed by atoms with Gasteiger partial charge in [-0.15, -0.1) is 0 Å². The lowest BCUT2D eigenvalue weighted by Gasteiger charge is -2.33. The number of nitrogens with zero attached hydrogens (tertiary/aromatic N) is 2. The number of pyridine rings is 2. The Labute approximate surface area is 201 Å². The third-order valence-electron chi connectivity index (χ3n) is 7.76. The number of aryl methyl sites for hydroxylation is 1. The standard InChI is InChI=1S/C26H24ClN3O4/c1-4-26(3)17-9-20-23-15(10-30(20)24(32)16(17)11-34-25(26)33)22-18(28-12(2)31)6-5-13-7-14(27)8-19(29-23)21(13)22/h7-9,18H,4-6,10-11H2,1-3H3,(H,28,31)/t18?,26-/m1/s1. The van der Waals surface area contributed by atoms with Crippen molar-refractivity contribution in [3.05, 3.63) is 61.4 Å². The minimum atomic E-state index is -0.884. The van der Waals surface area contributed by atoms with Crippen LogP contribution in [-0.2, 0) is 39.3 Å². The Morgan fingerprint density at radius 1 is 1.29 bits per heavy atom. The summed E-state index contributed by atoms with van der Waals surface area (Å²) in [5, 5.41) is 4.72. The number of fused-ring (bicyclic) bond motifs is 5. The van der Waals surface area contributed by atoms with Gasteiger partial charge in [0.2, 0.25) is 5.91 Å². The van der Waals surface area contributed by atoms with Gasteiger partial charge in [0.15, 0.2) is 0 Å². The maximum Gasteiger partial charge on any atom is 0.316 e. The largest absolute Gasteiger partial charge is 0.460 e. The summed E-state index contributed by atoms with van der Waals surface area (Å²) in [7, 11) is 0. The van der Waals surface area contributed by atoms with Gasteiger partial charge in [-0.05, 0) is 61.1 Å². The molecule has 2 atom stereocenters. The molecule has 0 spiro atoms. The molecular formula is C26H24ClN3O4. The van der Waals surface area contributed by atoms with Crippen molar-refractivity contribution in [1.82, 2.24) is 14.9 Å². The van der Waals surface area contributed by atoms with Crippen molar-refractivity contribution in [3.63, 3.8) is 0 Å². The third-order valence-corrected chi connectivity index (χ3v) is 7.98. The van der Waals surface area contributed by atoms with Gasteiger partial charge in [0.05, 0.1) is 40.5 Å². The summed E-state index contributed by atoms with van der Waals surface area (Å²) in [4.78, 5) is 43.3. The van der Waals surface area contributed by atoms with Crippen molar-refractivity contribution in [3.8, 4) is 11.4 Å². The molecule has 0 saturated heterocycles. The summed E-state index contributed by atoms with van der Waals surface area (Å²) < 4.78 is 7.13. The molecule has 2 aromatic heterocycles. The van der Waals surface area contributed by atoms with E-state index in [-0.39, 0.29) is 30.1 Å². The van der Waals surface area contributed by atoms with Gasteiger partial charge in [-0.1, -0.05) is 18.5 Å². The number of rotatable bonds is 2. The third kappa shape index (κ3) is 2.76. The summed E-state index contributed by atoms with van der Waals surface area (Å²) in [6, 6.07) is 5.58. The van der Waals surface area contributed by atoms with E-state index >= 15 is 0 Å². The lowest BCUT2D eigenvalue weighted by molar-refractivity contribution is -0.153. The van der Waals surface area contributed by atoms with Crippen molar-refractivity contribution in [2.75, 3.05) is 0 Å². The van der Waals surface area contributed by atoms with Crippen LogP contribution in [0.2, 0.25) is 5.02 Å². The van der Waals surface area contributed by atoms with Gasteiger partial charge in [0.1, 0.15) is 6.61 Å². The quantitative estimate of drug-likeness (QED) is 0.442. The average molecular weight is 478 g/mol. The highest BCUT2D eigenvalue weighted by Gasteiger charge is 2.43. The zero-order chi connectivity index (χ0) is 23.9. The molecule has 0 saturated carbocycles. The fourth-order valence-corrected chi connectivity index (χ4v) is 6.11. The minimum Gasteiger partial charge on any atom is -0.460 e. The Kier molecular flexibility index (Phi) is 4.49. The van der Waals surface area contributed by atoms with E-state index in [1.807, 2.05) is 32.0 Å². The predicted octanol–water partition coefficient (Wildman–Crippen LogP) is 3.93. The van der Waals surface area contributed by atoms with E-state index in [1.165, 1.54) is 6.92 Å². The van der Waals surface area contributed by atoms with Gasteiger partial charge in [-0.2, -0.15) is 0 Å². The molecule has 3 aliphatic rings. The lowest BCUT2D eigenvalue weighted by atomic mass is 9.76. The summed E-state index contributed by atoms with van der Waals surface area (Å²) >= 11 is 6.43. The second kappa shape index (κ2) is 7.15. The summed E-state index contributed by atoms with van der Waals surface area (Å²) in [5.74, 6) is -0.410. The Morgan fingerprint density at radius 3 is 2.82 bits per heavy atom. The normalized spacial score (nSPS) is 22.1. The van der Waals surface area contributed by atoms with Crippen LogP contribution in [0.5, 0.6) is 0 Å². The van der Waals surface area contributed by atoms with Crippen LogP contribution in [0.3, 0.4) is 0 Å². The number of nitrogens with one attached hydrogen (secondary N) is 1. The molecule has 34 heavy (non-hydrogen) atoms. The molecule has 0 fully saturated rings. The fourth-order valence-electron chi connectivity index (χ4n) is 5.87. The molecular weight excluding hydrogens is 454 g/mol. The Hall–Kier alpha value is -3.19. The first-order valence-electron chi connectivity index (χ1n) is 11.6. The number of carbonyl (C=O) groups is 2. The SMILES string of the molecule is CC[C@@]1(C)C(=O)OCc2c1cc1n(c2=O)Cc2c-1nc1cc(Cl)cc3c1c2C(NC(C)=O)CC3. The number of esters is 1. The van der Waals surface area contributed by atoms with Gasteiger partial charge < -0.3 is 14.6 Å². The van der Waals surface area contributed by atoms with Gasteiger partial charge in [0, 0.05) is 22.9 Å².